The van der Waals surface area contributed by atoms with Crippen LogP contribution in [0.1, 0.15) is 328 Å². The lowest BCUT2D eigenvalue weighted by Crippen LogP contribution is -2.45. The Hall–Kier alpha value is -1.66. The quantitative estimate of drug-likeness (QED) is 0.0321. The number of aliphatic hydroxyl groups excluding tert-OH is 2. The van der Waals surface area contributed by atoms with Crippen LogP contribution in [0.5, 0.6) is 0 Å². The number of carbonyl (C=O) groups is 2. The minimum atomic E-state index is -0.661. The first-order valence-electron chi connectivity index (χ1n) is 30.1. The van der Waals surface area contributed by atoms with Crippen LogP contribution in [0, 0.1) is 0 Å². The smallest absolute Gasteiger partial charge is 0.305 e. The highest BCUT2D eigenvalue weighted by atomic mass is 16.5. The summed E-state index contributed by atoms with van der Waals surface area (Å²) in [6.07, 6.45) is 69.1. The summed E-state index contributed by atoms with van der Waals surface area (Å²) in [6.45, 7) is 4.92. The number of allylic oxidation sites excluding steroid dienone is 4. The molecule has 0 aliphatic heterocycles. The molecule has 0 spiro atoms. The lowest BCUT2D eigenvalue weighted by Gasteiger charge is -2.22. The molecule has 0 saturated heterocycles. The molecule has 0 heterocycles. The molecule has 0 bridgehead atoms. The highest BCUT2D eigenvalue weighted by Crippen LogP contribution is 2.18. The van der Waals surface area contributed by atoms with Crippen molar-refractivity contribution in [3.05, 3.63) is 24.3 Å². The van der Waals surface area contributed by atoms with E-state index in [-0.39, 0.29) is 18.5 Å². The SMILES string of the molecule is CCCCC/C=C\C/C=C\CCCCCCCC(=O)OCCCCCCCCCCCCCCCCCCCCCCCCCCCC(=O)NC(CO)C(O)CCCCCCCCCCCC. The van der Waals surface area contributed by atoms with Gasteiger partial charge in [-0.25, -0.2) is 0 Å². The zero-order chi connectivity index (χ0) is 48.6. The van der Waals surface area contributed by atoms with E-state index < -0.39 is 12.1 Å². The molecule has 0 fully saturated rings. The molecular weight excluding hydrogens is 827 g/mol. The van der Waals surface area contributed by atoms with Crippen LogP contribution in [0.3, 0.4) is 0 Å². The van der Waals surface area contributed by atoms with E-state index in [1.165, 1.54) is 244 Å². The average Bonchev–Trinajstić information content (AvgIpc) is 3.33. The third-order valence-corrected chi connectivity index (χ3v) is 14.0. The van der Waals surface area contributed by atoms with Crippen LogP contribution in [0.4, 0.5) is 0 Å². The molecule has 0 aromatic rings. The third-order valence-electron chi connectivity index (χ3n) is 14.0. The minimum absolute atomic E-state index is 0.00244. The molecule has 0 rings (SSSR count). The topological polar surface area (TPSA) is 95.9 Å². The first-order chi connectivity index (χ1) is 33.0. The second kappa shape index (κ2) is 56.9. The van der Waals surface area contributed by atoms with Crippen LogP contribution in [0.2, 0.25) is 0 Å². The largest absolute Gasteiger partial charge is 0.466 e. The number of aliphatic hydroxyl groups is 2. The molecule has 2 unspecified atom stereocenters. The Labute approximate surface area is 418 Å². The Morgan fingerprint density at radius 2 is 0.746 bits per heavy atom. The number of rotatable bonds is 56. The number of hydrogen-bond donors (Lipinski definition) is 3. The van der Waals surface area contributed by atoms with Gasteiger partial charge in [0, 0.05) is 12.8 Å². The maximum atomic E-state index is 12.4. The fourth-order valence-corrected chi connectivity index (χ4v) is 9.38. The highest BCUT2D eigenvalue weighted by molar-refractivity contribution is 5.76. The van der Waals surface area contributed by atoms with Crippen molar-refractivity contribution in [2.75, 3.05) is 13.2 Å². The molecule has 0 aromatic carbocycles. The second-order valence-electron chi connectivity index (χ2n) is 20.7. The van der Waals surface area contributed by atoms with Crippen molar-refractivity contribution in [1.82, 2.24) is 5.32 Å². The molecule has 6 heteroatoms. The molecule has 396 valence electrons. The summed E-state index contributed by atoms with van der Waals surface area (Å²) in [6, 6.07) is -0.538. The van der Waals surface area contributed by atoms with Crippen molar-refractivity contribution < 1.29 is 24.5 Å². The lowest BCUT2D eigenvalue weighted by atomic mass is 10.0. The number of carbonyl (C=O) groups excluding carboxylic acids is 2. The van der Waals surface area contributed by atoms with E-state index in [0.29, 0.717) is 25.9 Å². The number of nitrogens with one attached hydrogen (secondary N) is 1. The molecule has 2 atom stereocenters. The van der Waals surface area contributed by atoms with E-state index >= 15 is 0 Å². The van der Waals surface area contributed by atoms with Crippen molar-refractivity contribution >= 4 is 11.9 Å². The van der Waals surface area contributed by atoms with Crippen LogP contribution < -0.4 is 5.32 Å². The number of unbranched alkanes of at least 4 members (excludes halogenated alkanes) is 41. The molecule has 0 saturated carbocycles. The van der Waals surface area contributed by atoms with E-state index in [1.54, 1.807) is 0 Å². The van der Waals surface area contributed by atoms with Gasteiger partial charge in [0.1, 0.15) is 0 Å². The Morgan fingerprint density at radius 3 is 1.16 bits per heavy atom. The normalized spacial score (nSPS) is 12.7. The van der Waals surface area contributed by atoms with Crippen LogP contribution in [0.15, 0.2) is 24.3 Å². The van der Waals surface area contributed by atoms with Gasteiger partial charge in [0.2, 0.25) is 5.91 Å². The standard InChI is InChI=1S/C61H117NO5/c1-3-5-7-9-11-13-15-16-28-32-35-39-43-47-51-55-61(66)67-56-52-48-44-40-36-33-30-27-25-23-21-19-17-18-20-22-24-26-29-31-34-38-42-46-50-54-60(65)62-58(57-63)59(64)53-49-45-41-37-14-12-10-8-6-4-2/h11,13,16,28,58-59,63-64H,3-10,12,14-15,17-27,29-57H2,1-2H3,(H,62,65)/b13-11-,28-16-. The molecule has 6 nitrogen and oxygen atoms in total. The highest BCUT2D eigenvalue weighted by Gasteiger charge is 2.20. The van der Waals surface area contributed by atoms with Gasteiger partial charge in [0.15, 0.2) is 0 Å². The second-order valence-corrected chi connectivity index (χ2v) is 20.7. The van der Waals surface area contributed by atoms with Gasteiger partial charge < -0.3 is 20.3 Å². The number of esters is 1. The predicted molar refractivity (Wildman–Crippen MR) is 292 cm³/mol. The van der Waals surface area contributed by atoms with Gasteiger partial charge in [0.25, 0.3) is 0 Å². The summed E-state index contributed by atoms with van der Waals surface area (Å²) in [5, 5.41) is 23.2. The average molecular weight is 945 g/mol. The van der Waals surface area contributed by atoms with Crippen LogP contribution in [-0.4, -0.2) is 47.4 Å². The molecule has 0 aliphatic rings. The summed E-state index contributed by atoms with van der Waals surface area (Å²) in [7, 11) is 0. The van der Waals surface area contributed by atoms with Crippen LogP contribution in [0.25, 0.3) is 0 Å². The molecule has 1 amide bonds. The fourth-order valence-electron chi connectivity index (χ4n) is 9.38. The van der Waals surface area contributed by atoms with Gasteiger partial charge >= 0.3 is 5.97 Å². The van der Waals surface area contributed by atoms with Crippen LogP contribution in [-0.2, 0) is 14.3 Å². The summed E-state index contributed by atoms with van der Waals surface area (Å²) >= 11 is 0. The maximum Gasteiger partial charge on any atom is 0.305 e. The van der Waals surface area contributed by atoms with Gasteiger partial charge in [-0.15, -0.1) is 0 Å². The number of ether oxygens (including phenoxy) is 1. The van der Waals surface area contributed by atoms with E-state index in [4.69, 9.17) is 4.74 Å². The van der Waals surface area contributed by atoms with Gasteiger partial charge in [-0.1, -0.05) is 282 Å². The lowest BCUT2D eigenvalue weighted by molar-refractivity contribution is -0.143. The Bertz CT molecular complexity index is 1040. The van der Waals surface area contributed by atoms with Crippen molar-refractivity contribution in [3.8, 4) is 0 Å². The first-order valence-corrected chi connectivity index (χ1v) is 30.1. The van der Waals surface area contributed by atoms with E-state index in [2.05, 4.69) is 43.5 Å². The van der Waals surface area contributed by atoms with Crippen molar-refractivity contribution in [2.45, 2.75) is 341 Å². The molecular formula is C61H117NO5. The minimum Gasteiger partial charge on any atom is -0.466 e. The van der Waals surface area contributed by atoms with Gasteiger partial charge in [-0.05, 0) is 57.8 Å². The third kappa shape index (κ3) is 53.5. The van der Waals surface area contributed by atoms with Gasteiger partial charge in [0.05, 0.1) is 25.4 Å². The summed E-state index contributed by atoms with van der Waals surface area (Å²) in [4.78, 5) is 24.5. The van der Waals surface area contributed by atoms with Gasteiger partial charge in [-0.2, -0.15) is 0 Å². The Balaban J connectivity index is 3.33. The Kier molecular flexibility index (Phi) is 55.5. The zero-order valence-electron chi connectivity index (χ0n) is 45.1. The van der Waals surface area contributed by atoms with Crippen molar-refractivity contribution in [3.63, 3.8) is 0 Å². The summed E-state index contributed by atoms with van der Waals surface area (Å²) < 4.78 is 5.48. The summed E-state index contributed by atoms with van der Waals surface area (Å²) in [5.74, 6) is -0.0317. The first kappa shape index (κ1) is 65.3. The van der Waals surface area contributed by atoms with E-state index in [1.807, 2.05) is 0 Å². The van der Waals surface area contributed by atoms with Crippen molar-refractivity contribution in [1.29, 1.82) is 0 Å². The van der Waals surface area contributed by atoms with E-state index in [0.717, 1.165) is 51.4 Å². The number of hydrogen-bond acceptors (Lipinski definition) is 5. The zero-order valence-corrected chi connectivity index (χ0v) is 45.1. The summed E-state index contributed by atoms with van der Waals surface area (Å²) in [5.41, 5.74) is 0. The molecule has 0 aliphatic carbocycles. The fraction of sp³-hybridized carbons (Fsp3) is 0.902. The van der Waals surface area contributed by atoms with E-state index in [9.17, 15) is 19.8 Å². The van der Waals surface area contributed by atoms with Crippen LogP contribution >= 0.6 is 0 Å². The molecule has 3 N–H and O–H groups in total. The Morgan fingerprint density at radius 1 is 0.418 bits per heavy atom. The predicted octanol–water partition coefficient (Wildman–Crippen LogP) is 18.6. The molecule has 0 aromatic heterocycles. The molecule has 0 radical (unpaired) electrons. The van der Waals surface area contributed by atoms with Gasteiger partial charge in [-0.3, -0.25) is 9.59 Å². The van der Waals surface area contributed by atoms with Crippen molar-refractivity contribution in [2.24, 2.45) is 0 Å². The monoisotopic (exact) mass is 944 g/mol. The number of amides is 1. The maximum absolute atomic E-state index is 12.4. The molecule has 67 heavy (non-hydrogen) atoms.